The molecule has 0 saturated carbocycles. The molecule has 142 valence electrons. The van der Waals surface area contributed by atoms with Crippen LogP contribution in [0.15, 0.2) is 45.8 Å². The molecule has 0 bridgehead atoms. The molecule has 0 amide bonds. The quantitative estimate of drug-likeness (QED) is 0.641. The summed E-state index contributed by atoms with van der Waals surface area (Å²) in [7, 11) is -2.54. The predicted octanol–water partition coefficient (Wildman–Crippen LogP) is 3.84. The second-order valence-electron chi connectivity index (χ2n) is 5.60. The van der Waals surface area contributed by atoms with Crippen molar-refractivity contribution < 1.29 is 17.7 Å². The largest absolute Gasteiger partial charge is 0.495 e. The van der Waals surface area contributed by atoms with E-state index in [-0.39, 0.29) is 33.1 Å². The van der Waals surface area contributed by atoms with Crippen molar-refractivity contribution in [3.8, 4) is 17.1 Å². The number of nitrogens with zero attached hydrogens (tertiary/aromatic N) is 2. The van der Waals surface area contributed by atoms with Gasteiger partial charge in [0.05, 0.1) is 18.7 Å². The van der Waals surface area contributed by atoms with Crippen LogP contribution in [0.1, 0.15) is 11.5 Å². The van der Waals surface area contributed by atoms with Crippen LogP contribution in [0.3, 0.4) is 0 Å². The summed E-state index contributed by atoms with van der Waals surface area (Å²) in [6.45, 7) is 1.78. The highest BCUT2D eigenvalue weighted by atomic mass is 35.5. The predicted molar refractivity (Wildman–Crippen MR) is 102 cm³/mol. The third-order valence-corrected chi connectivity index (χ3v) is 6.13. The first-order chi connectivity index (χ1) is 12.8. The maximum absolute atomic E-state index is 12.5. The third kappa shape index (κ3) is 4.24. The van der Waals surface area contributed by atoms with Gasteiger partial charge in [-0.1, -0.05) is 58.2 Å². The normalized spacial score (nSPS) is 11.6. The van der Waals surface area contributed by atoms with Gasteiger partial charge in [-0.2, -0.15) is 4.98 Å². The van der Waals surface area contributed by atoms with Crippen LogP contribution in [0.2, 0.25) is 10.0 Å². The van der Waals surface area contributed by atoms with Crippen LogP contribution < -0.4 is 9.46 Å². The van der Waals surface area contributed by atoms with Crippen LogP contribution in [0.25, 0.3) is 11.4 Å². The van der Waals surface area contributed by atoms with Gasteiger partial charge in [0.25, 0.3) is 0 Å². The van der Waals surface area contributed by atoms with Crippen LogP contribution in [0.5, 0.6) is 5.75 Å². The molecule has 0 saturated heterocycles. The number of benzene rings is 2. The number of aryl methyl sites for hydroxylation is 1. The molecule has 1 N–H and O–H groups in total. The Morgan fingerprint density at radius 1 is 1.11 bits per heavy atom. The first kappa shape index (κ1) is 19.6. The van der Waals surface area contributed by atoms with E-state index >= 15 is 0 Å². The molecular formula is C17H15Cl2N3O4S. The molecule has 10 heteroatoms. The summed E-state index contributed by atoms with van der Waals surface area (Å²) in [6.07, 6.45) is 0. The molecular weight excluding hydrogens is 413 g/mol. The average Bonchev–Trinajstić information content (AvgIpc) is 3.12. The summed E-state index contributed by atoms with van der Waals surface area (Å²) in [5.74, 6) is 0.764. The van der Waals surface area contributed by atoms with Crippen LogP contribution >= 0.6 is 23.2 Å². The molecule has 27 heavy (non-hydrogen) atoms. The summed E-state index contributed by atoms with van der Waals surface area (Å²) in [4.78, 5) is 4.02. The van der Waals surface area contributed by atoms with Crippen LogP contribution in [0, 0.1) is 6.92 Å². The molecule has 0 spiro atoms. The molecule has 0 atom stereocenters. The second-order valence-corrected chi connectivity index (χ2v) is 8.09. The van der Waals surface area contributed by atoms with Crippen LogP contribution in [-0.2, 0) is 16.6 Å². The first-order valence-electron chi connectivity index (χ1n) is 7.73. The molecule has 2 aromatic carbocycles. The van der Waals surface area contributed by atoms with E-state index in [0.717, 1.165) is 11.1 Å². The molecule has 1 heterocycles. The van der Waals surface area contributed by atoms with E-state index < -0.39 is 10.0 Å². The van der Waals surface area contributed by atoms with Crippen molar-refractivity contribution in [2.24, 2.45) is 0 Å². The number of hydrogen-bond acceptors (Lipinski definition) is 6. The Morgan fingerprint density at radius 2 is 1.81 bits per heavy atom. The number of halogens is 2. The van der Waals surface area contributed by atoms with Gasteiger partial charge in [-0.3, -0.25) is 0 Å². The van der Waals surface area contributed by atoms with Gasteiger partial charge in [0.1, 0.15) is 15.7 Å². The maximum Gasteiger partial charge on any atom is 0.242 e. The number of aromatic nitrogens is 2. The van der Waals surface area contributed by atoms with E-state index in [1.165, 1.54) is 19.2 Å². The van der Waals surface area contributed by atoms with Crippen molar-refractivity contribution in [2.75, 3.05) is 7.11 Å². The number of rotatable bonds is 6. The van der Waals surface area contributed by atoms with Crippen molar-refractivity contribution >= 4 is 33.2 Å². The number of sulfonamides is 1. The first-order valence-corrected chi connectivity index (χ1v) is 9.97. The summed E-state index contributed by atoms with van der Waals surface area (Å²) in [6, 6.07) is 10.3. The van der Waals surface area contributed by atoms with Crippen molar-refractivity contribution in [1.29, 1.82) is 0 Å². The zero-order valence-electron chi connectivity index (χ0n) is 14.4. The van der Waals surface area contributed by atoms with Gasteiger partial charge in [0.2, 0.25) is 21.7 Å². The van der Waals surface area contributed by atoms with Crippen LogP contribution in [-0.4, -0.2) is 25.7 Å². The molecule has 0 radical (unpaired) electrons. The molecule has 0 aliphatic heterocycles. The third-order valence-electron chi connectivity index (χ3n) is 3.71. The maximum atomic E-state index is 12.5. The Labute approximate surface area is 166 Å². The zero-order chi connectivity index (χ0) is 19.6. The topological polar surface area (TPSA) is 94.3 Å². The minimum Gasteiger partial charge on any atom is -0.495 e. The van der Waals surface area contributed by atoms with Crippen molar-refractivity contribution in [2.45, 2.75) is 18.4 Å². The lowest BCUT2D eigenvalue weighted by Crippen LogP contribution is -2.23. The lowest BCUT2D eigenvalue weighted by Gasteiger charge is -2.10. The van der Waals surface area contributed by atoms with Gasteiger partial charge in [-0.05, 0) is 19.1 Å². The SMILES string of the molecule is COc1ccc(S(=O)(=O)NCc2nc(-c3ccc(C)cc3)no2)c(Cl)c1Cl. The van der Waals surface area contributed by atoms with Gasteiger partial charge in [0, 0.05) is 5.56 Å². The van der Waals surface area contributed by atoms with E-state index in [0.29, 0.717) is 5.82 Å². The minimum atomic E-state index is -3.95. The van der Waals surface area contributed by atoms with Gasteiger partial charge < -0.3 is 9.26 Å². The average molecular weight is 428 g/mol. The zero-order valence-corrected chi connectivity index (χ0v) is 16.7. The van der Waals surface area contributed by atoms with E-state index in [9.17, 15) is 8.42 Å². The highest BCUT2D eigenvalue weighted by Crippen LogP contribution is 2.36. The van der Waals surface area contributed by atoms with Crippen molar-refractivity contribution in [3.05, 3.63) is 57.9 Å². The van der Waals surface area contributed by atoms with E-state index in [1.54, 1.807) is 0 Å². The number of methoxy groups -OCH3 is 1. The Balaban J connectivity index is 1.77. The molecule has 3 rings (SSSR count). The summed E-state index contributed by atoms with van der Waals surface area (Å²) < 4.78 is 37.5. The van der Waals surface area contributed by atoms with Gasteiger partial charge in [-0.25, -0.2) is 13.1 Å². The number of nitrogens with one attached hydrogen (secondary N) is 1. The molecule has 7 nitrogen and oxygen atoms in total. The van der Waals surface area contributed by atoms with E-state index in [4.69, 9.17) is 32.5 Å². The molecule has 1 aromatic heterocycles. The molecule has 0 aliphatic rings. The highest BCUT2D eigenvalue weighted by Gasteiger charge is 2.22. The summed E-state index contributed by atoms with van der Waals surface area (Å²) >= 11 is 12.1. The van der Waals surface area contributed by atoms with Crippen LogP contribution in [0.4, 0.5) is 0 Å². The Kier molecular flexibility index (Phi) is 5.71. The Morgan fingerprint density at radius 3 is 2.48 bits per heavy atom. The molecule has 0 fully saturated rings. The molecule has 0 unspecified atom stereocenters. The number of hydrogen-bond donors (Lipinski definition) is 1. The fraction of sp³-hybridized carbons (Fsp3) is 0.176. The fourth-order valence-electron chi connectivity index (χ4n) is 2.26. The Bertz CT molecular complexity index is 1070. The van der Waals surface area contributed by atoms with Gasteiger partial charge >= 0.3 is 0 Å². The summed E-state index contributed by atoms with van der Waals surface area (Å²) in [5, 5.41) is 3.74. The van der Waals surface area contributed by atoms with Crippen molar-refractivity contribution in [1.82, 2.24) is 14.9 Å². The Hall–Kier alpha value is -2.13. The minimum absolute atomic E-state index is 0.0153. The molecule has 3 aromatic rings. The lowest BCUT2D eigenvalue weighted by molar-refractivity contribution is 0.376. The van der Waals surface area contributed by atoms with Crippen molar-refractivity contribution in [3.63, 3.8) is 0 Å². The standard InChI is InChI=1S/C17H15Cl2N3O4S/c1-10-3-5-11(6-4-10)17-21-14(26-22-17)9-20-27(23,24)13-8-7-12(25-2)15(18)16(13)19/h3-8,20H,9H2,1-2H3. The van der Waals surface area contributed by atoms with Gasteiger partial charge in [-0.15, -0.1) is 0 Å². The summed E-state index contributed by atoms with van der Waals surface area (Å²) in [5.41, 5.74) is 1.87. The highest BCUT2D eigenvalue weighted by molar-refractivity contribution is 7.89. The second kappa shape index (κ2) is 7.85. The van der Waals surface area contributed by atoms with E-state index in [2.05, 4.69) is 14.9 Å². The smallest absolute Gasteiger partial charge is 0.242 e. The lowest BCUT2D eigenvalue weighted by atomic mass is 10.1. The fourth-order valence-corrected chi connectivity index (χ4v) is 4.07. The van der Waals surface area contributed by atoms with Gasteiger partial charge in [0.15, 0.2) is 0 Å². The number of ether oxygens (including phenoxy) is 1. The monoisotopic (exact) mass is 427 g/mol. The molecule has 0 aliphatic carbocycles. The van der Waals surface area contributed by atoms with E-state index in [1.807, 2.05) is 31.2 Å².